The van der Waals surface area contributed by atoms with Gasteiger partial charge in [0.05, 0.1) is 17.9 Å². The minimum absolute atomic E-state index is 0.151. The molecule has 4 rings (SSSR count). The van der Waals surface area contributed by atoms with Crippen LogP contribution in [0.25, 0.3) is 0 Å². The lowest BCUT2D eigenvalue weighted by molar-refractivity contribution is -0.114. The van der Waals surface area contributed by atoms with Crippen molar-refractivity contribution < 1.29 is 14.3 Å². The summed E-state index contributed by atoms with van der Waals surface area (Å²) in [6.07, 6.45) is 1.44. The Labute approximate surface area is 185 Å². The number of para-hydroxylation sites is 2. The Morgan fingerprint density at radius 1 is 1.12 bits per heavy atom. The second kappa shape index (κ2) is 8.93. The quantitative estimate of drug-likeness (QED) is 0.549. The molecule has 0 bridgehead atoms. The zero-order valence-corrected chi connectivity index (χ0v) is 18.0. The normalized spacial score (nSPS) is 14.9. The molecule has 32 heavy (non-hydrogen) atoms. The lowest BCUT2D eigenvalue weighted by Crippen LogP contribution is -2.31. The van der Waals surface area contributed by atoms with Gasteiger partial charge in [-0.3, -0.25) is 9.59 Å². The zero-order valence-electron chi connectivity index (χ0n) is 18.0. The zero-order chi connectivity index (χ0) is 22.7. The average molecular weight is 432 g/mol. The van der Waals surface area contributed by atoms with Gasteiger partial charge in [0.15, 0.2) is 0 Å². The van der Waals surface area contributed by atoms with E-state index in [9.17, 15) is 9.59 Å². The van der Waals surface area contributed by atoms with Crippen molar-refractivity contribution in [3.63, 3.8) is 0 Å². The Morgan fingerprint density at radius 3 is 2.59 bits per heavy atom. The number of hydrogen-bond donors (Lipinski definition) is 3. The number of rotatable bonds is 6. The SMILES string of the molecule is CCOc1ccccc1NC(=O)C1=C(C)Nc2ncnn2[C@@H]1c1ccc(NC(C)=O)cc1. The molecule has 0 aliphatic carbocycles. The molecule has 3 N–H and O–H groups in total. The van der Waals surface area contributed by atoms with Crippen molar-refractivity contribution in [3.05, 3.63) is 71.7 Å². The first-order valence-electron chi connectivity index (χ1n) is 10.3. The molecule has 0 saturated heterocycles. The third-order valence-electron chi connectivity index (χ3n) is 5.02. The number of aromatic nitrogens is 3. The number of ether oxygens (including phenoxy) is 1. The van der Waals surface area contributed by atoms with Crippen molar-refractivity contribution in [1.82, 2.24) is 14.8 Å². The largest absolute Gasteiger partial charge is 0.492 e. The van der Waals surface area contributed by atoms with Crippen LogP contribution in [0, 0.1) is 0 Å². The predicted molar refractivity (Wildman–Crippen MR) is 121 cm³/mol. The highest BCUT2D eigenvalue weighted by atomic mass is 16.5. The van der Waals surface area contributed by atoms with Crippen LogP contribution >= 0.6 is 0 Å². The van der Waals surface area contributed by atoms with Crippen LogP contribution in [0.15, 0.2) is 66.1 Å². The second-order valence-corrected chi connectivity index (χ2v) is 7.28. The third-order valence-corrected chi connectivity index (χ3v) is 5.02. The molecule has 0 radical (unpaired) electrons. The Kier molecular flexibility index (Phi) is 5.89. The van der Waals surface area contributed by atoms with Gasteiger partial charge < -0.3 is 20.7 Å². The number of carbonyl (C=O) groups excluding carboxylic acids is 2. The summed E-state index contributed by atoms with van der Waals surface area (Å²) >= 11 is 0. The van der Waals surface area contributed by atoms with E-state index < -0.39 is 6.04 Å². The molecule has 0 unspecified atom stereocenters. The maximum Gasteiger partial charge on any atom is 0.255 e. The van der Waals surface area contributed by atoms with Crippen molar-refractivity contribution in [3.8, 4) is 5.75 Å². The fourth-order valence-electron chi connectivity index (χ4n) is 3.69. The monoisotopic (exact) mass is 432 g/mol. The number of amides is 2. The number of fused-ring (bicyclic) bond motifs is 1. The Balaban J connectivity index is 1.71. The first-order chi connectivity index (χ1) is 15.5. The van der Waals surface area contributed by atoms with Gasteiger partial charge in [-0.15, -0.1) is 0 Å². The van der Waals surface area contributed by atoms with Crippen LogP contribution in [0.4, 0.5) is 17.3 Å². The highest BCUT2D eigenvalue weighted by molar-refractivity contribution is 6.06. The summed E-state index contributed by atoms with van der Waals surface area (Å²) in [5.41, 5.74) is 3.26. The molecule has 1 aromatic heterocycles. The topological polar surface area (TPSA) is 110 Å². The molecular weight excluding hydrogens is 408 g/mol. The molecule has 2 aromatic carbocycles. The van der Waals surface area contributed by atoms with Crippen molar-refractivity contribution >= 4 is 29.1 Å². The molecule has 9 nitrogen and oxygen atoms in total. The third kappa shape index (κ3) is 4.18. The summed E-state index contributed by atoms with van der Waals surface area (Å²) in [6.45, 7) is 5.67. The van der Waals surface area contributed by atoms with Crippen molar-refractivity contribution in [2.75, 3.05) is 22.6 Å². The van der Waals surface area contributed by atoms with Crippen molar-refractivity contribution in [2.45, 2.75) is 26.8 Å². The van der Waals surface area contributed by atoms with Gasteiger partial charge in [0.1, 0.15) is 18.1 Å². The Hall–Kier alpha value is -4.14. The van der Waals surface area contributed by atoms with Gasteiger partial charge in [-0.25, -0.2) is 4.68 Å². The minimum atomic E-state index is -0.501. The van der Waals surface area contributed by atoms with Gasteiger partial charge in [-0.2, -0.15) is 10.1 Å². The molecule has 1 atom stereocenters. The number of anilines is 3. The standard InChI is InChI=1S/C23H24N6O3/c1-4-32-19-8-6-5-7-18(19)28-22(31)20-14(2)26-23-24-13-25-29(23)21(20)16-9-11-17(12-10-16)27-15(3)30/h5-13,21H,4H2,1-3H3,(H,27,30)(H,28,31)(H,24,25,26)/t21-/m1/s1. The van der Waals surface area contributed by atoms with E-state index in [0.717, 1.165) is 5.56 Å². The van der Waals surface area contributed by atoms with E-state index in [4.69, 9.17) is 4.74 Å². The van der Waals surface area contributed by atoms with Crippen LogP contribution in [0.5, 0.6) is 5.75 Å². The summed E-state index contributed by atoms with van der Waals surface area (Å²) in [5, 5.41) is 13.2. The van der Waals surface area contributed by atoms with Gasteiger partial charge in [0, 0.05) is 18.3 Å². The van der Waals surface area contributed by atoms with E-state index in [1.807, 2.05) is 44.2 Å². The molecule has 2 amide bonds. The molecule has 9 heteroatoms. The molecule has 1 aliphatic rings. The first-order valence-corrected chi connectivity index (χ1v) is 10.3. The number of allylic oxidation sites excluding steroid dienone is 1. The van der Waals surface area contributed by atoms with Crippen LogP contribution in [0.3, 0.4) is 0 Å². The van der Waals surface area contributed by atoms with Crippen molar-refractivity contribution in [2.24, 2.45) is 0 Å². The second-order valence-electron chi connectivity index (χ2n) is 7.28. The van der Waals surface area contributed by atoms with Gasteiger partial charge in [-0.1, -0.05) is 24.3 Å². The molecule has 1 aliphatic heterocycles. The highest BCUT2D eigenvalue weighted by Crippen LogP contribution is 2.36. The van der Waals surface area contributed by atoms with Crippen LogP contribution in [-0.4, -0.2) is 33.2 Å². The van der Waals surface area contributed by atoms with Crippen LogP contribution in [0.2, 0.25) is 0 Å². The van der Waals surface area contributed by atoms with Crippen LogP contribution in [-0.2, 0) is 9.59 Å². The van der Waals surface area contributed by atoms with Gasteiger partial charge >= 0.3 is 0 Å². The van der Waals surface area contributed by atoms with Crippen LogP contribution in [0.1, 0.15) is 32.4 Å². The smallest absolute Gasteiger partial charge is 0.255 e. The van der Waals surface area contributed by atoms with Gasteiger partial charge in [0.25, 0.3) is 5.91 Å². The fourth-order valence-corrected chi connectivity index (χ4v) is 3.69. The molecule has 0 saturated carbocycles. The number of hydrogen-bond acceptors (Lipinski definition) is 6. The highest BCUT2D eigenvalue weighted by Gasteiger charge is 2.33. The fraction of sp³-hybridized carbons (Fsp3) is 0.217. The summed E-state index contributed by atoms with van der Waals surface area (Å²) in [6, 6.07) is 14.1. The maximum absolute atomic E-state index is 13.5. The van der Waals surface area contributed by atoms with E-state index in [1.54, 1.807) is 22.9 Å². The van der Waals surface area contributed by atoms with Gasteiger partial charge in [0.2, 0.25) is 11.9 Å². The van der Waals surface area contributed by atoms with Crippen LogP contribution < -0.4 is 20.7 Å². The summed E-state index contributed by atoms with van der Waals surface area (Å²) in [4.78, 5) is 29.1. The molecule has 0 spiro atoms. The molecule has 0 fully saturated rings. The number of carbonyl (C=O) groups is 2. The Morgan fingerprint density at radius 2 is 1.88 bits per heavy atom. The molecule has 2 heterocycles. The summed E-state index contributed by atoms with van der Waals surface area (Å²) < 4.78 is 7.31. The number of nitrogens with zero attached hydrogens (tertiary/aromatic N) is 3. The summed E-state index contributed by atoms with van der Waals surface area (Å²) in [7, 11) is 0. The number of benzene rings is 2. The molecule has 164 valence electrons. The van der Waals surface area contributed by atoms with E-state index in [2.05, 4.69) is 26.0 Å². The first kappa shape index (κ1) is 21.1. The van der Waals surface area contributed by atoms with E-state index in [0.29, 0.717) is 40.9 Å². The van der Waals surface area contributed by atoms with E-state index in [1.165, 1.54) is 13.3 Å². The molecule has 3 aromatic rings. The van der Waals surface area contributed by atoms with Crippen molar-refractivity contribution in [1.29, 1.82) is 0 Å². The maximum atomic E-state index is 13.5. The number of nitrogens with one attached hydrogen (secondary N) is 3. The predicted octanol–water partition coefficient (Wildman–Crippen LogP) is 3.56. The summed E-state index contributed by atoms with van der Waals surface area (Å²) in [5.74, 6) is 0.717. The lowest BCUT2D eigenvalue weighted by Gasteiger charge is -2.29. The lowest BCUT2D eigenvalue weighted by atomic mass is 9.94. The van der Waals surface area contributed by atoms with E-state index in [-0.39, 0.29) is 11.8 Å². The molecular formula is C23H24N6O3. The average Bonchev–Trinajstić information content (AvgIpc) is 3.22. The Bertz CT molecular complexity index is 1180. The van der Waals surface area contributed by atoms with E-state index >= 15 is 0 Å². The minimum Gasteiger partial charge on any atom is -0.492 e. The van der Waals surface area contributed by atoms with Gasteiger partial charge in [-0.05, 0) is 43.7 Å².